The Morgan fingerprint density at radius 3 is 2.53 bits per heavy atom. The molecule has 240 valence electrons. The Hall–Kier alpha value is -4.72. The standard InChI is InChI=1S/C31H27ClN8O6S/c32-20-5-6-22-27(46-17-45-22)25(20)39-26-21(15-33)40(38-9-13-44-14-10-38)36-30-23(26)24(35-31(39)42)28(47-30)29(41)34-19-3-1-18(2-4-19)16-37-7-11-43-12-8-37/h1-6H,7-14,16-17H2,(H-,34,35,41,42)/p+1. The second-order valence-corrected chi connectivity index (χ2v) is 12.6. The van der Waals surface area contributed by atoms with E-state index in [1.54, 1.807) is 12.1 Å². The van der Waals surface area contributed by atoms with Gasteiger partial charge in [0.25, 0.3) is 5.91 Å². The number of thiophene rings is 1. The smallest absolute Gasteiger partial charge is 0.366 e. The van der Waals surface area contributed by atoms with Crippen LogP contribution in [0.1, 0.15) is 20.9 Å². The molecule has 8 rings (SSSR count). The number of hydrogen-bond donors (Lipinski definition) is 2. The number of amides is 3. The van der Waals surface area contributed by atoms with E-state index in [1.807, 2.05) is 29.3 Å². The average Bonchev–Trinajstić information content (AvgIpc) is 3.72. The molecule has 4 aromatic rings. The summed E-state index contributed by atoms with van der Waals surface area (Å²) in [6, 6.07) is 12.6. The summed E-state index contributed by atoms with van der Waals surface area (Å²) >= 11 is 7.83. The summed E-state index contributed by atoms with van der Waals surface area (Å²) in [5, 5.41) is 23.8. The van der Waals surface area contributed by atoms with Crippen molar-refractivity contribution in [2.75, 3.05) is 79.9 Å². The van der Waals surface area contributed by atoms with Crippen molar-refractivity contribution in [3.05, 3.63) is 57.6 Å². The molecule has 2 N–H and O–H groups in total. The van der Waals surface area contributed by atoms with E-state index in [0.717, 1.165) is 49.7 Å². The van der Waals surface area contributed by atoms with Crippen LogP contribution in [0.4, 0.5) is 27.5 Å². The maximum Gasteiger partial charge on any atom is 0.366 e. The maximum absolute atomic E-state index is 14.1. The molecular formula is C31H28ClN8O6S+. The van der Waals surface area contributed by atoms with Crippen molar-refractivity contribution in [2.24, 2.45) is 0 Å². The van der Waals surface area contributed by atoms with Gasteiger partial charge in [0.1, 0.15) is 10.6 Å². The first kappa shape index (κ1) is 29.7. The average molecular weight is 676 g/mol. The second-order valence-electron chi connectivity index (χ2n) is 11.2. The number of morpholine rings is 2. The second kappa shape index (κ2) is 12.1. The van der Waals surface area contributed by atoms with Gasteiger partial charge in [-0.1, -0.05) is 23.7 Å². The third-order valence-corrected chi connectivity index (χ3v) is 9.75. The van der Waals surface area contributed by atoms with E-state index in [9.17, 15) is 14.9 Å². The van der Waals surface area contributed by atoms with Crippen molar-refractivity contribution in [3.8, 4) is 17.6 Å². The fourth-order valence-corrected chi connectivity index (χ4v) is 7.36. The molecule has 47 heavy (non-hydrogen) atoms. The molecule has 4 aliphatic rings. The Morgan fingerprint density at radius 2 is 1.79 bits per heavy atom. The molecule has 4 aliphatic heterocycles. The van der Waals surface area contributed by atoms with Gasteiger partial charge in [-0.15, -0.1) is 11.3 Å². The molecule has 14 nitrogen and oxygen atoms in total. The number of benzene rings is 2. The maximum atomic E-state index is 14.1. The number of hydrogen-bond acceptors (Lipinski definition) is 11. The van der Waals surface area contributed by atoms with Crippen molar-refractivity contribution in [2.45, 2.75) is 6.54 Å². The number of rotatable bonds is 6. The van der Waals surface area contributed by atoms with Gasteiger partial charge in [0.15, 0.2) is 28.1 Å². The van der Waals surface area contributed by atoms with Crippen LogP contribution >= 0.6 is 22.9 Å². The zero-order valence-electron chi connectivity index (χ0n) is 25.0. The number of ether oxygens (including phenoxy) is 4. The van der Waals surface area contributed by atoms with Crippen LogP contribution in [-0.2, 0) is 16.0 Å². The molecule has 3 amide bonds. The van der Waals surface area contributed by atoms with Gasteiger partial charge in [-0.2, -0.15) is 10.3 Å². The van der Waals surface area contributed by atoms with E-state index in [0.29, 0.717) is 48.0 Å². The molecule has 16 heteroatoms. The lowest BCUT2D eigenvalue weighted by molar-refractivity contribution is -0.750. The van der Waals surface area contributed by atoms with Crippen molar-refractivity contribution in [1.29, 1.82) is 5.26 Å². The number of nitriles is 1. The predicted octanol–water partition coefficient (Wildman–Crippen LogP) is 3.57. The Morgan fingerprint density at radius 1 is 1.04 bits per heavy atom. The van der Waals surface area contributed by atoms with E-state index in [4.69, 9.17) is 35.6 Å². The van der Waals surface area contributed by atoms with E-state index >= 15 is 0 Å². The SMILES string of the molecule is N#Cc1c2c3c(c(C(=O)Nc4ccc(CN5CCOCC5)cc4)sc3n[n+]1N1CCOCC1)NC(=O)N2c1c(Cl)ccc2c1OCO2. The number of carbonyl (C=O) groups is 2. The van der Waals surface area contributed by atoms with E-state index in [2.05, 4.69) is 21.6 Å². The summed E-state index contributed by atoms with van der Waals surface area (Å²) < 4.78 is 22.3. The first-order chi connectivity index (χ1) is 23.0. The first-order valence-corrected chi connectivity index (χ1v) is 16.2. The highest BCUT2D eigenvalue weighted by Crippen LogP contribution is 2.53. The lowest BCUT2D eigenvalue weighted by atomic mass is 10.1. The molecule has 0 atom stereocenters. The molecule has 2 fully saturated rings. The number of nitrogens with one attached hydrogen (secondary N) is 2. The molecule has 2 saturated heterocycles. The number of fused-ring (bicyclic) bond motifs is 1. The van der Waals surface area contributed by atoms with Gasteiger partial charge in [0.2, 0.25) is 6.79 Å². The van der Waals surface area contributed by atoms with Crippen molar-refractivity contribution >= 4 is 67.8 Å². The highest BCUT2D eigenvalue weighted by Gasteiger charge is 2.44. The summed E-state index contributed by atoms with van der Waals surface area (Å²) in [5.41, 5.74) is 2.53. The zero-order chi connectivity index (χ0) is 32.1. The van der Waals surface area contributed by atoms with E-state index in [-0.39, 0.29) is 45.2 Å². The Kier molecular flexibility index (Phi) is 7.66. The van der Waals surface area contributed by atoms with E-state index < -0.39 is 11.9 Å². The number of halogens is 1. The highest BCUT2D eigenvalue weighted by atomic mass is 35.5. The normalized spacial score (nSPS) is 17.5. The number of anilines is 4. The molecule has 2 aromatic carbocycles. The molecule has 0 aliphatic carbocycles. The summed E-state index contributed by atoms with van der Waals surface area (Å²) in [7, 11) is 0. The number of nitrogens with zero attached hydrogens (tertiary/aromatic N) is 6. The van der Waals surface area contributed by atoms with E-state index in [1.165, 1.54) is 9.69 Å². The molecule has 0 bridgehead atoms. The van der Waals surface area contributed by atoms with Crippen LogP contribution in [0.25, 0.3) is 10.2 Å². The highest BCUT2D eigenvalue weighted by molar-refractivity contribution is 7.21. The van der Waals surface area contributed by atoms with Gasteiger partial charge < -0.3 is 29.6 Å². The van der Waals surface area contributed by atoms with Gasteiger partial charge in [-0.05, 0) is 29.8 Å². The van der Waals surface area contributed by atoms with Crippen molar-refractivity contribution < 1.29 is 33.3 Å². The summed E-state index contributed by atoms with van der Waals surface area (Å²) in [5.74, 6) is 0.262. The number of urea groups is 1. The summed E-state index contributed by atoms with van der Waals surface area (Å²) in [6.07, 6.45) is 0. The summed E-state index contributed by atoms with van der Waals surface area (Å²) in [4.78, 5) is 33.7. The largest absolute Gasteiger partial charge is 0.454 e. The van der Waals surface area contributed by atoms with Gasteiger partial charge in [0.05, 0.1) is 60.4 Å². The Balaban J connectivity index is 1.21. The lowest BCUT2D eigenvalue weighted by Crippen LogP contribution is -2.66. The van der Waals surface area contributed by atoms with Gasteiger partial charge in [-0.3, -0.25) is 9.69 Å². The third-order valence-electron chi connectivity index (χ3n) is 8.37. The third kappa shape index (κ3) is 5.24. The molecule has 0 radical (unpaired) electrons. The minimum absolute atomic E-state index is 0.0506. The minimum atomic E-state index is -0.624. The molecule has 2 aromatic heterocycles. The van der Waals surface area contributed by atoms with Crippen LogP contribution in [0.2, 0.25) is 5.02 Å². The predicted molar refractivity (Wildman–Crippen MR) is 173 cm³/mol. The fourth-order valence-electron chi connectivity index (χ4n) is 6.12. The zero-order valence-corrected chi connectivity index (χ0v) is 26.5. The number of aromatic nitrogens is 2. The molecular weight excluding hydrogens is 648 g/mol. The van der Waals surface area contributed by atoms with Crippen LogP contribution < -0.4 is 34.8 Å². The van der Waals surface area contributed by atoms with Gasteiger partial charge in [-0.25, -0.2) is 9.69 Å². The van der Waals surface area contributed by atoms with Crippen LogP contribution in [0.15, 0.2) is 36.4 Å². The Labute approximate surface area is 277 Å². The summed E-state index contributed by atoms with van der Waals surface area (Å²) in [6.45, 7) is 5.77. The number of carbonyl (C=O) groups excluding carboxylic acids is 2. The van der Waals surface area contributed by atoms with Crippen molar-refractivity contribution in [3.63, 3.8) is 0 Å². The molecule has 0 unspecified atom stereocenters. The van der Waals surface area contributed by atoms with Crippen LogP contribution in [0.3, 0.4) is 0 Å². The topological polar surface area (TPSA) is 145 Å². The quantitative estimate of drug-likeness (QED) is 0.291. The van der Waals surface area contributed by atoms with Gasteiger partial charge >= 0.3 is 11.7 Å². The molecule has 0 spiro atoms. The van der Waals surface area contributed by atoms with Crippen LogP contribution in [-0.4, -0.2) is 81.3 Å². The lowest BCUT2D eigenvalue weighted by Gasteiger charge is -2.29. The van der Waals surface area contributed by atoms with Gasteiger partial charge in [0, 0.05) is 30.4 Å². The fraction of sp³-hybridized carbons (Fsp3) is 0.323. The van der Waals surface area contributed by atoms with Crippen LogP contribution in [0, 0.1) is 11.3 Å². The monoisotopic (exact) mass is 675 g/mol. The molecule has 0 saturated carbocycles. The molecule has 6 heterocycles. The first-order valence-electron chi connectivity index (χ1n) is 15.1. The minimum Gasteiger partial charge on any atom is -0.454 e. The van der Waals surface area contributed by atoms with Crippen LogP contribution in [0.5, 0.6) is 11.5 Å². The van der Waals surface area contributed by atoms with Crippen molar-refractivity contribution in [1.82, 2.24) is 10.00 Å². The Bertz CT molecular complexity index is 1950.